The van der Waals surface area contributed by atoms with E-state index in [-0.39, 0.29) is 12.3 Å². The Morgan fingerprint density at radius 3 is 2.50 bits per heavy atom. The molecular weight excluding hydrogens is 256 g/mol. The number of nitrogens with one attached hydrogen (secondary N) is 1. The lowest BCUT2D eigenvalue weighted by atomic mass is 10.0. The van der Waals surface area contributed by atoms with E-state index in [1.165, 1.54) is 6.20 Å². The lowest BCUT2D eigenvalue weighted by Gasteiger charge is -2.19. The molecule has 1 unspecified atom stereocenters. The van der Waals surface area contributed by atoms with E-state index in [0.29, 0.717) is 11.1 Å². The molecule has 102 valence electrons. The molecule has 1 aromatic carbocycles. The molecule has 0 aliphatic heterocycles. The highest BCUT2D eigenvalue weighted by Gasteiger charge is 2.15. The second-order valence-corrected chi connectivity index (χ2v) is 4.25. The van der Waals surface area contributed by atoms with Gasteiger partial charge in [0.2, 0.25) is 0 Å². The van der Waals surface area contributed by atoms with Crippen molar-refractivity contribution < 1.29 is 14.7 Å². The molecule has 0 fully saturated rings. The Bertz CT molecular complexity index is 585. The van der Waals surface area contributed by atoms with Crippen molar-refractivity contribution in [1.29, 1.82) is 0 Å². The molecule has 0 saturated heterocycles. The average molecular weight is 269 g/mol. The number of aromatic nitrogens is 1. The molecule has 5 nitrogen and oxygen atoms in total. The van der Waals surface area contributed by atoms with Gasteiger partial charge in [-0.3, -0.25) is 9.78 Å². The first-order chi connectivity index (χ1) is 9.66. The minimum absolute atomic E-state index is 0.282. The highest BCUT2D eigenvalue weighted by molar-refractivity contribution is 5.94. The first kappa shape index (κ1) is 13.7. The van der Waals surface area contributed by atoms with E-state index in [1.807, 2.05) is 6.07 Å². The summed E-state index contributed by atoms with van der Waals surface area (Å²) in [4.78, 5) is 26.7. The number of hydrogen-bond donors (Lipinski definition) is 1. The number of pyridine rings is 1. The van der Waals surface area contributed by atoms with Gasteiger partial charge in [0, 0.05) is 24.8 Å². The second-order valence-electron chi connectivity index (χ2n) is 4.25. The predicted molar refractivity (Wildman–Crippen MR) is 70.5 cm³/mol. The number of aliphatic carboxylic acids is 1. The fourth-order valence-corrected chi connectivity index (χ4v) is 1.84. The van der Waals surface area contributed by atoms with Gasteiger partial charge in [0.1, 0.15) is 0 Å². The van der Waals surface area contributed by atoms with Crippen LogP contribution in [0.1, 0.15) is 28.4 Å². The molecule has 20 heavy (non-hydrogen) atoms. The summed E-state index contributed by atoms with van der Waals surface area (Å²) in [5.74, 6) is -1.58. The summed E-state index contributed by atoms with van der Waals surface area (Å²) in [5.41, 5.74) is 1.10. The Kier molecular flexibility index (Phi) is 4.44. The van der Waals surface area contributed by atoms with Crippen LogP contribution in [0.5, 0.6) is 0 Å². The SMILES string of the molecule is O=C([O-])CC(NC(=O)c1cccnc1)c1ccccc1. The van der Waals surface area contributed by atoms with Gasteiger partial charge in [-0.15, -0.1) is 0 Å². The van der Waals surface area contributed by atoms with Crippen LogP contribution in [0.15, 0.2) is 54.9 Å². The monoisotopic (exact) mass is 269 g/mol. The molecule has 1 N–H and O–H groups in total. The van der Waals surface area contributed by atoms with Crippen LogP contribution in [0, 0.1) is 0 Å². The molecule has 0 radical (unpaired) electrons. The number of carboxylic acid groups (broad SMARTS) is 1. The van der Waals surface area contributed by atoms with Gasteiger partial charge in [-0.05, 0) is 17.7 Å². The fourth-order valence-electron chi connectivity index (χ4n) is 1.84. The zero-order valence-electron chi connectivity index (χ0n) is 10.7. The molecule has 0 bridgehead atoms. The van der Waals surface area contributed by atoms with Crippen LogP contribution in [0.25, 0.3) is 0 Å². The third kappa shape index (κ3) is 3.65. The Morgan fingerprint density at radius 2 is 1.90 bits per heavy atom. The Morgan fingerprint density at radius 1 is 1.15 bits per heavy atom. The first-order valence-corrected chi connectivity index (χ1v) is 6.12. The van der Waals surface area contributed by atoms with Crippen molar-refractivity contribution in [2.45, 2.75) is 12.5 Å². The van der Waals surface area contributed by atoms with Crippen molar-refractivity contribution in [2.24, 2.45) is 0 Å². The largest absolute Gasteiger partial charge is 0.550 e. The van der Waals surface area contributed by atoms with Crippen LogP contribution in [0.2, 0.25) is 0 Å². The maximum absolute atomic E-state index is 12.0. The number of carbonyl (C=O) groups is 2. The maximum atomic E-state index is 12.0. The fraction of sp³-hybridized carbons (Fsp3) is 0.133. The van der Waals surface area contributed by atoms with Crippen LogP contribution in [-0.4, -0.2) is 16.9 Å². The Labute approximate surface area is 116 Å². The summed E-state index contributed by atoms with van der Waals surface area (Å²) in [7, 11) is 0. The number of nitrogens with zero attached hydrogens (tertiary/aromatic N) is 1. The molecular formula is C15H13N2O3-. The van der Waals surface area contributed by atoms with Gasteiger partial charge >= 0.3 is 0 Å². The summed E-state index contributed by atoms with van der Waals surface area (Å²) in [6, 6.07) is 11.5. The molecule has 1 atom stereocenters. The van der Waals surface area contributed by atoms with Gasteiger partial charge < -0.3 is 15.2 Å². The van der Waals surface area contributed by atoms with Crippen molar-refractivity contribution in [3.8, 4) is 0 Å². The van der Waals surface area contributed by atoms with E-state index in [1.54, 1.807) is 42.6 Å². The normalized spacial score (nSPS) is 11.6. The van der Waals surface area contributed by atoms with Crippen LogP contribution >= 0.6 is 0 Å². The van der Waals surface area contributed by atoms with Crippen molar-refractivity contribution in [3.05, 3.63) is 66.0 Å². The maximum Gasteiger partial charge on any atom is 0.253 e. The van der Waals surface area contributed by atoms with E-state index in [9.17, 15) is 14.7 Å². The highest BCUT2D eigenvalue weighted by atomic mass is 16.4. The minimum Gasteiger partial charge on any atom is -0.550 e. The number of rotatable bonds is 5. The molecule has 2 rings (SSSR count). The highest BCUT2D eigenvalue weighted by Crippen LogP contribution is 2.16. The molecule has 1 heterocycles. The van der Waals surface area contributed by atoms with Crippen molar-refractivity contribution in [3.63, 3.8) is 0 Å². The lowest BCUT2D eigenvalue weighted by Crippen LogP contribution is -2.34. The van der Waals surface area contributed by atoms with Gasteiger partial charge in [0.15, 0.2) is 0 Å². The van der Waals surface area contributed by atoms with Crippen molar-refractivity contribution in [2.75, 3.05) is 0 Å². The quantitative estimate of drug-likeness (QED) is 0.866. The predicted octanol–water partition coefficient (Wildman–Crippen LogP) is 0.693. The zero-order valence-corrected chi connectivity index (χ0v) is 10.7. The molecule has 0 aliphatic rings. The van der Waals surface area contributed by atoms with Crippen LogP contribution in [-0.2, 0) is 4.79 Å². The van der Waals surface area contributed by atoms with E-state index in [0.717, 1.165) is 0 Å². The van der Waals surface area contributed by atoms with Gasteiger partial charge in [-0.2, -0.15) is 0 Å². The molecule has 0 saturated carbocycles. The van der Waals surface area contributed by atoms with Crippen molar-refractivity contribution in [1.82, 2.24) is 10.3 Å². The molecule has 5 heteroatoms. The number of carboxylic acids is 1. The van der Waals surface area contributed by atoms with E-state index >= 15 is 0 Å². The Hall–Kier alpha value is -2.69. The number of hydrogen-bond acceptors (Lipinski definition) is 4. The van der Waals surface area contributed by atoms with Gasteiger partial charge in [-0.25, -0.2) is 0 Å². The molecule has 0 spiro atoms. The van der Waals surface area contributed by atoms with Crippen LogP contribution < -0.4 is 10.4 Å². The molecule has 1 aromatic heterocycles. The molecule has 2 aromatic rings. The third-order valence-electron chi connectivity index (χ3n) is 2.80. The van der Waals surface area contributed by atoms with E-state index in [2.05, 4.69) is 10.3 Å². The molecule has 1 amide bonds. The summed E-state index contributed by atoms with van der Waals surface area (Å²) < 4.78 is 0. The summed E-state index contributed by atoms with van der Waals surface area (Å²) >= 11 is 0. The van der Waals surface area contributed by atoms with Crippen LogP contribution in [0.4, 0.5) is 0 Å². The van der Waals surface area contributed by atoms with Gasteiger partial charge in [0.05, 0.1) is 11.6 Å². The summed E-state index contributed by atoms with van der Waals surface area (Å²) in [5, 5.41) is 13.5. The second kappa shape index (κ2) is 6.47. The van der Waals surface area contributed by atoms with E-state index < -0.39 is 12.0 Å². The average Bonchev–Trinajstić information content (AvgIpc) is 2.48. The smallest absolute Gasteiger partial charge is 0.253 e. The van der Waals surface area contributed by atoms with Crippen molar-refractivity contribution >= 4 is 11.9 Å². The molecule has 0 aliphatic carbocycles. The number of carbonyl (C=O) groups excluding carboxylic acids is 2. The number of benzene rings is 1. The van der Waals surface area contributed by atoms with E-state index in [4.69, 9.17) is 0 Å². The standard InChI is InChI=1S/C15H14N2O3/c18-14(19)9-13(11-5-2-1-3-6-11)17-15(20)12-7-4-8-16-10-12/h1-8,10,13H,9H2,(H,17,20)(H,18,19)/p-1. The number of amides is 1. The zero-order chi connectivity index (χ0) is 14.4. The Balaban J connectivity index is 2.16. The van der Waals surface area contributed by atoms with Crippen LogP contribution in [0.3, 0.4) is 0 Å². The first-order valence-electron chi connectivity index (χ1n) is 6.12. The summed E-state index contributed by atoms with van der Waals surface area (Å²) in [6.45, 7) is 0. The lowest BCUT2D eigenvalue weighted by molar-refractivity contribution is -0.306. The third-order valence-corrected chi connectivity index (χ3v) is 2.80. The van der Waals surface area contributed by atoms with Gasteiger partial charge in [0.25, 0.3) is 5.91 Å². The topological polar surface area (TPSA) is 82.1 Å². The van der Waals surface area contributed by atoms with Gasteiger partial charge in [-0.1, -0.05) is 30.3 Å². The summed E-state index contributed by atoms with van der Waals surface area (Å²) in [6.07, 6.45) is 2.71. The minimum atomic E-state index is -1.22.